The number of esters is 1. The van der Waals surface area contributed by atoms with Gasteiger partial charge in [-0.15, -0.1) is 0 Å². The van der Waals surface area contributed by atoms with E-state index >= 15 is 0 Å². The molecule has 2 rings (SSSR count). The minimum Gasteiger partial charge on any atom is -0.465 e. The van der Waals surface area contributed by atoms with Crippen LogP contribution in [0.1, 0.15) is 21.9 Å². The van der Waals surface area contributed by atoms with Gasteiger partial charge < -0.3 is 9.64 Å². The predicted octanol–water partition coefficient (Wildman–Crippen LogP) is 0.928. The van der Waals surface area contributed by atoms with Crippen LogP contribution in [-0.4, -0.2) is 53.2 Å². The summed E-state index contributed by atoms with van der Waals surface area (Å²) >= 11 is 0. The van der Waals surface area contributed by atoms with Gasteiger partial charge >= 0.3 is 5.97 Å². The molecule has 6 nitrogen and oxygen atoms in total. The van der Waals surface area contributed by atoms with Crippen molar-refractivity contribution in [2.45, 2.75) is 13.3 Å². The molecular weight excluding hydrogens is 244 g/mol. The molecule has 6 heteroatoms. The van der Waals surface area contributed by atoms with Gasteiger partial charge in [-0.05, 0) is 33.2 Å². The molecule has 2 heterocycles. The summed E-state index contributed by atoms with van der Waals surface area (Å²) in [6.07, 6.45) is 0.745. The summed E-state index contributed by atoms with van der Waals surface area (Å²) in [5.74, 6) is 0.338. The summed E-state index contributed by atoms with van der Waals surface area (Å²) in [7, 11) is 5.36. The van der Waals surface area contributed by atoms with Crippen molar-refractivity contribution >= 4 is 11.6 Å². The van der Waals surface area contributed by atoms with E-state index in [0.29, 0.717) is 11.2 Å². The van der Waals surface area contributed by atoms with Crippen molar-refractivity contribution in [3.63, 3.8) is 0 Å². The van der Waals surface area contributed by atoms with Crippen molar-refractivity contribution < 1.29 is 9.53 Å². The Morgan fingerprint density at radius 3 is 2.79 bits per heavy atom. The van der Waals surface area contributed by atoms with Crippen molar-refractivity contribution in [3.05, 3.63) is 29.2 Å². The first-order chi connectivity index (χ1) is 9.02. The maximum atomic E-state index is 11.7. The molecule has 102 valence electrons. The highest BCUT2D eigenvalue weighted by atomic mass is 16.5. The topological polar surface area (TPSA) is 59.7 Å². The molecule has 0 saturated heterocycles. The van der Waals surface area contributed by atoms with Crippen LogP contribution >= 0.6 is 0 Å². The van der Waals surface area contributed by atoms with E-state index in [-0.39, 0.29) is 0 Å². The molecule has 0 aliphatic carbocycles. The van der Waals surface area contributed by atoms with Crippen molar-refractivity contribution in [2.75, 3.05) is 27.7 Å². The minimum absolute atomic E-state index is 0.392. The highest BCUT2D eigenvalue weighted by molar-refractivity contribution is 5.95. The SMILES string of the molecule is COC(=O)c1ccc(C)n2nc(CCN(C)C)nc12. The summed E-state index contributed by atoms with van der Waals surface area (Å²) in [6.45, 7) is 2.79. The van der Waals surface area contributed by atoms with Crippen LogP contribution in [0.3, 0.4) is 0 Å². The zero-order valence-corrected chi connectivity index (χ0v) is 11.7. The number of pyridine rings is 1. The second kappa shape index (κ2) is 5.36. The molecule has 0 spiro atoms. The van der Waals surface area contributed by atoms with Gasteiger partial charge in [0.25, 0.3) is 0 Å². The lowest BCUT2D eigenvalue weighted by Gasteiger charge is -2.05. The number of fused-ring (bicyclic) bond motifs is 1. The van der Waals surface area contributed by atoms with Crippen molar-refractivity contribution in [1.82, 2.24) is 19.5 Å². The molecule has 0 fully saturated rings. The molecule has 2 aromatic rings. The lowest BCUT2D eigenvalue weighted by molar-refractivity contribution is 0.0602. The molecule has 0 unspecified atom stereocenters. The Labute approximate surface area is 112 Å². The Balaban J connectivity index is 2.44. The number of ether oxygens (including phenoxy) is 1. The summed E-state index contributed by atoms with van der Waals surface area (Å²) < 4.78 is 6.46. The highest BCUT2D eigenvalue weighted by Crippen LogP contribution is 2.13. The fraction of sp³-hybridized carbons (Fsp3) is 0.462. The average molecular weight is 262 g/mol. The number of aryl methyl sites for hydroxylation is 1. The van der Waals surface area contributed by atoms with Gasteiger partial charge in [-0.3, -0.25) is 0 Å². The first-order valence-corrected chi connectivity index (χ1v) is 6.11. The number of methoxy groups -OCH3 is 1. The minimum atomic E-state index is -0.392. The summed E-state index contributed by atoms with van der Waals surface area (Å²) in [5, 5.41) is 4.43. The van der Waals surface area contributed by atoms with E-state index in [0.717, 1.165) is 24.5 Å². The number of carbonyl (C=O) groups excluding carboxylic acids is 1. The first-order valence-electron chi connectivity index (χ1n) is 6.11. The fourth-order valence-electron chi connectivity index (χ4n) is 1.82. The number of rotatable bonds is 4. The van der Waals surface area contributed by atoms with Crippen molar-refractivity contribution in [3.8, 4) is 0 Å². The Hall–Kier alpha value is -1.95. The number of hydrogen-bond acceptors (Lipinski definition) is 5. The smallest absolute Gasteiger partial charge is 0.341 e. The van der Waals surface area contributed by atoms with Crippen LogP contribution in [0.4, 0.5) is 0 Å². The van der Waals surface area contributed by atoms with E-state index in [1.807, 2.05) is 27.1 Å². The lowest BCUT2D eigenvalue weighted by atomic mass is 10.2. The van der Waals surface area contributed by atoms with E-state index in [4.69, 9.17) is 4.74 Å². The van der Waals surface area contributed by atoms with Crippen LogP contribution in [0.15, 0.2) is 12.1 Å². The van der Waals surface area contributed by atoms with E-state index in [1.165, 1.54) is 7.11 Å². The second-order valence-electron chi connectivity index (χ2n) is 4.70. The molecule has 0 aromatic carbocycles. The first kappa shape index (κ1) is 13.5. The number of likely N-dealkylation sites (N-methyl/N-ethyl adjacent to an activating group) is 1. The van der Waals surface area contributed by atoms with Gasteiger partial charge in [0.05, 0.1) is 7.11 Å². The zero-order valence-electron chi connectivity index (χ0n) is 11.7. The van der Waals surface area contributed by atoms with Crippen molar-refractivity contribution in [2.24, 2.45) is 0 Å². The normalized spacial score (nSPS) is 11.2. The largest absolute Gasteiger partial charge is 0.465 e. The Morgan fingerprint density at radius 1 is 1.42 bits per heavy atom. The van der Waals surface area contributed by atoms with E-state index in [2.05, 4.69) is 15.0 Å². The zero-order chi connectivity index (χ0) is 14.0. The third-order valence-electron chi connectivity index (χ3n) is 2.91. The third-order valence-corrected chi connectivity index (χ3v) is 2.91. The predicted molar refractivity (Wildman–Crippen MR) is 71.3 cm³/mol. The van der Waals surface area contributed by atoms with Crippen LogP contribution in [-0.2, 0) is 11.2 Å². The molecule has 0 aliphatic rings. The second-order valence-corrected chi connectivity index (χ2v) is 4.70. The van der Waals surface area contributed by atoms with Gasteiger partial charge in [-0.1, -0.05) is 0 Å². The molecule has 0 aliphatic heterocycles. The molecule has 0 bridgehead atoms. The number of aromatic nitrogens is 3. The molecule has 0 radical (unpaired) electrons. The lowest BCUT2D eigenvalue weighted by Crippen LogP contribution is -2.15. The van der Waals surface area contributed by atoms with E-state index in [1.54, 1.807) is 10.6 Å². The number of nitrogens with zero attached hydrogens (tertiary/aromatic N) is 4. The highest BCUT2D eigenvalue weighted by Gasteiger charge is 2.15. The van der Waals surface area contributed by atoms with Gasteiger partial charge in [0, 0.05) is 18.7 Å². The van der Waals surface area contributed by atoms with Crippen molar-refractivity contribution in [1.29, 1.82) is 0 Å². The Bertz CT molecular complexity index is 604. The van der Waals surface area contributed by atoms with E-state index in [9.17, 15) is 4.79 Å². The van der Waals surface area contributed by atoms with Crippen LogP contribution in [0.2, 0.25) is 0 Å². The Morgan fingerprint density at radius 2 is 2.16 bits per heavy atom. The summed E-state index contributed by atoms with van der Waals surface area (Å²) in [5.41, 5.74) is 1.93. The molecule has 0 amide bonds. The molecule has 0 atom stereocenters. The molecular formula is C13H18N4O2. The number of carbonyl (C=O) groups is 1. The van der Waals surface area contributed by atoms with Crippen LogP contribution in [0.5, 0.6) is 0 Å². The standard InChI is InChI=1S/C13H18N4O2/c1-9-5-6-10(13(18)19-4)12-14-11(15-17(9)12)7-8-16(2)3/h5-6H,7-8H2,1-4H3. The summed E-state index contributed by atoms with van der Waals surface area (Å²) in [4.78, 5) is 18.2. The average Bonchev–Trinajstić information content (AvgIpc) is 2.81. The van der Waals surface area contributed by atoms with E-state index < -0.39 is 5.97 Å². The fourth-order valence-corrected chi connectivity index (χ4v) is 1.82. The van der Waals surface area contributed by atoms with Gasteiger partial charge in [0.1, 0.15) is 5.56 Å². The molecule has 0 saturated carbocycles. The van der Waals surface area contributed by atoms with Crippen LogP contribution in [0, 0.1) is 6.92 Å². The molecule has 2 aromatic heterocycles. The maximum Gasteiger partial charge on any atom is 0.341 e. The van der Waals surface area contributed by atoms with Gasteiger partial charge in [0.15, 0.2) is 11.5 Å². The monoisotopic (exact) mass is 262 g/mol. The third kappa shape index (κ3) is 2.73. The van der Waals surface area contributed by atoms with Gasteiger partial charge in [-0.25, -0.2) is 14.3 Å². The van der Waals surface area contributed by atoms with Gasteiger partial charge in [-0.2, -0.15) is 5.10 Å². The molecule has 0 N–H and O–H groups in total. The van der Waals surface area contributed by atoms with Crippen LogP contribution in [0.25, 0.3) is 5.65 Å². The summed E-state index contributed by atoms with van der Waals surface area (Å²) in [6, 6.07) is 3.56. The van der Waals surface area contributed by atoms with Gasteiger partial charge in [0.2, 0.25) is 0 Å². The van der Waals surface area contributed by atoms with Crippen LogP contribution < -0.4 is 0 Å². The Kier molecular flexibility index (Phi) is 3.80. The quantitative estimate of drug-likeness (QED) is 0.767. The number of hydrogen-bond donors (Lipinski definition) is 0. The maximum absolute atomic E-state index is 11.7. The molecule has 19 heavy (non-hydrogen) atoms.